The molecule has 1 aromatic rings. The van der Waals surface area contributed by atoms with Gasteiger partial charge in [0.2, 0.25) is 0 Å². The van der Waals surface area contributed by atoms with Gasteiger partial charge in [0, 0.05) is 16.3 Å². The molecule has 3 atom stereocenters. The molecule has 1 heterocycles. The first-order chi connectivity index (χ1) is 11.2. The maximum absolute atomic E-state index is 13.7. The van der Waals surface area contributed by atoms with Crippen LogP contribution >= 0.6 is 11.6 Å². The van der Waals surface area contributed by atoms with Gasteiger partial charge in [-0.1, -0.05) is 31.0 Å². The number of carbonyl (C=O) groups excluding carboxylic acids is 1. The Balaban J connectivity index is 2.08. The van der Waals surface area contributed by atoms with Crippen LogP contribution in [0.25, 0.3) is 0 Å². The highest BCUT2D eigenvalue weighted by Crippen LogP contribution is 2.49. The second-order valence-electron chi connectivity index (χ2n) is 6.26. The van der Waals surface area contributed by atoms with Gasteiger partial charge in [-0.2, -0.15) is 23.3 Å². The zero-order valence-corrected chi connectivity index (χ0v) is 13.6. The number of carbonyl (C=O) groups is 1. The van der Waals surface area contributed by atoms with Gasteiger partial charge in [0.1, 0.15) is 0 Å². The number of hydrogen-bond acceptors (Lipinski definition) is 3. The smallest absolute Gasteiger partial charge is 0.362 e. The van der Waals surface area contributed by atoms with Gasteiger partial charge < -0.3 is 5.11 Å². The van der Waals surface area contributed by atoms with Crippen molar-refractivity contribution < 1.29 is 23.1 Å². The van der Waals surface area contributed by atoms with Crippen LogP contribution in [0.4, 0.5) is 13.2 Å². The molecule has 4 nitrogen and oxygen atoms in total. The summed E-state index contributed by atoms with van der Waals surface area (Å²) in [6.45, 7) is 1.76. The van der Waals surface area contributed by atoms with E-state index >= 15 is 0 Å². The molecule has 8 heteroatoms. The highest BCUT2D eigenvalue weighted by atomic mass is 35.5. The van der Waals surface area contributed by atoms with Crippen molar-refractivity contribution in [2.45, 2.75) is 38.1 Å². The number of rotatable bonds is 1. The molecule has 1 N–H and O–H groups in total. The first-order valence-corrected chi connectivity index (χ1v) is 8.01. The summed E-state index contributed by atoms with van der Waals surface area (Å²) in [5, 5.41) is 14.8. The fraction of sp³-hybridized carbons (Fsp3) is 0.500. The summed E-state index contributed by atoms with van der Waals surface area (Å²) in [7, 11) is 0. The van der Waals surface area contributed by atoms with Crippen molar-refractivity contribution in [2.24, 2.45) is 16.9 Å². The quantitative estimate of drug-likeness (QED) is 0.827. The number of hydrazone groups is 1. The number of benzene rings is 1. The van der Waals surface area contributed by atoms with Crippen LogP contribution in [0.1, 0.15) is 36.5 Å². The first-order valence-electron chi connectivity index (χ1n) is 7.64. The minimum absolute atomic E-state index is 0.0548. The number of amides is 1. The van der Waals surface area contributed by atoms with E-state index in [9.17, 15) is 23.1 Å². The Morgan fingerprint density at radius 3 is 2.75 bits per heavy atom. The Morgan fingerprint density at radius 2 is 2.12 bits per heavy atom. The minimum atomic E-state index is -5.02. The fourth-order valence-electron chi connectivity index (χ4n) is 3.44. The molecule has 130 valence electrons. The van der Waals surface area contributed by atoms with Crippen LogP contribution in [0.15, 0.2) is 29.4 Å². The van der Waals surface area contributed by atoms with Gasteiger partial charge in [0.05, 0.1) is 5.92 Å². The molecular weight excluding hydrogens is 345 g/mol. The van der Waals surface area contributed by atoms with E-state index < -0.39 is 23.7 Å². The van der Waals surface area contributed by atoms with Crippen molar-refractivity contribution in [3.63, 3.8) is 0 Å². The van der Waals surface area contributed by atoms with Crippen molar-refractivity contribution in [2.75, 3.05) is 0 Å². The van der Waals surface area contributed by atoms with E-state index in [0.717, 1.165) is 0 Å². The van der Waals surface area contributed by atoms with Gasteiger partial charge in [-0.15, -0.1) is 0 Å². The number of fused-ring (bicyclic) bond motifs is 1. The molecular formula is C16H16ClF3N2O2. The van der Waals surface area contributed by atoms with E-state index in [1.54, 1.807) is 6.92 Å². The summed E-state index contributed by atoms with van der Waals surface area (Å²) >= 11 is 5.81. The second kappa shape index (κ2) is 5.74. The van der Waals surface area contributed by atoms with Gasteiger partial charge in [-0.25, -0.2) is 0 Å². The van der Waals surface area contributed by atoms with E-state index in [4.69, 9.17) is 11.6 Å². The molecule has 0 saturated heterocycles. The van der Waals surface area contributed by atoms with E-state index in [1.165, 1.54) is 24.3 Å². The molecule has 0 unspecified atom stereocenters. The zero-order chi connectivity index (χ0) is 17.7. The zero-order valence-electron chi connectivity index (χ0n) is 12.8. The summed E-state index contributed by atoms with van der Waals surface area (Å²) in [5.41, 5.74) is -3.14. The highest BCUT2D eigenvalue weighted by molar-refractivity contribution is 6.31. The summed E-state index contributed by atoms with van der Waals surface area (Å²) in [6, 6.07) is 5.57. The highest BCUT2D eigenvalue weighted by Gasteiger charge is 2.69. The summed E-state index contributed by atoms with van der Waals surface area (Å²) in [4.78, 5) is 12.6. The first kappa shape index (κ1) is 17.2. The fourth-order valence-corrected chi connectivity index (χ4v) is 3.63. The van der Waals surface area contributed by atoms with E-state index in [-0.39, 0.29) is 33.6 Å². The summed E-state index contributed by atoms with van der Waals surface area (Å²) < 4.78 is 41.1. The molecule has 1 aliphatic carbocycles. The molecule has 0 spiro atoms. The Bertz CT molecular complexity index is 707. The SMILES string of the molecule is C[C@@H]1CCC[C@@H]2C1=NN(C(=O)c1cccc(Cl)c1)[C@@]2(O)C(F)(F)F. The van der Waals surface area contributed by atoms with E-state index in [0.29, 0.717) is 12.8 Å². The Hall–Kier alpha value is -1.60. The number of aliphatic hydroxyl groups is 1. The molecule has 0 bridgehead atoms. The summed E-state index contributed by atoms with van der Waals surface area (Å²) in [6.07, 6.45) is -3.66. The predicted molar refractivity (Wildman–Crippen MR) is 82.6 cm³/mol. The number of nitrogens with zero attached hydrogens (tertiary/aromatic N) is 2. The molecule has 24 heavy (non-hydrogen) atoms. The predicted octanol–water partition coefficient (Wildman–Crippen LogP) is 3.84. The molecule has 3 rings (SSSR count). The maximum Gasteiger partial charge on any atom is 0.439 e. The lowest BCUT2D eigenvalue weighted by molar-refractivity contribution is -0.312. The monoisotopic (exact) mass is 360 g/mol. The van der Waals surface area contributed by atoms with Crippen LogP contribution in [-0.2, 0) is 0 Å². The second-order valence-corrected chi connectivity index (χ2v) is 6.70. The number of alkyl halides is 3. The van der Waals surface area contributed by atoms with Crippen LogP contribution in [0, 0.1) is 11.8 Å². The Morgan fingerprint density at radius 1 is 1.42 bits per heavy atom. The number of halogens is 4. The Labute approximate surface area is 141 Å². The maximum atomic E-state index is 13.7. The molecule has 1 fully saturated rings. The van der Waals surface area contributed by atoms with Crippen LogP contribution < -0.4 is 0 Å². The average Bonchev–Trinajstić information content (AvgIpc) is 2.82. The third-order valence-corrected chi connectivity index (χ3v) is 4.93. The molecule has 1 aromatic carbocycles. The number of hydrogen-bond donors (Lipinski definition) is 1. The van der Waals surface area contributed by atoms with Gasteiger partial charge in [-0.05, 0) is 37.0 Å². The van der Waals surface area contributed by atoms with Gasteiger partial charge in [0.15, 0.2) is 0 Å². The third kappa shape index (κ3) is 2.50. The van der Waals surface area contributed by atoms with Crippen LogP contribution in [0.5, 0.6) is 0 Å². The van der Waals surface area contributed by atoms with Gasteiger partial charge in [0.25, 0.3) is 11.6 Å². The lowest BCUT2D eigenvalue weighted by atomic mass is 9.75. The molecule has 0 radical (unpaired) electrons. The molecule has 1 amide bonds. The minimum Gasteiger partial charge on any atom is -0.362 e. The van der Waals surface area contributed by atoms with Crippen LogP contribution in [0.2, 0.25) is 5.02 Å². The third-order valence-electron chi connectivity index (χ3n) is 4.70. The largest absolute Gasteiger partial charge is 0.439 e. The average molecular weight is 361 g/mol. The van der Waals surface area contributed by atoms with Crippen molar-refractivity contribution in [3.05, 3.63) is 34.9 Å². The van der Waals surface area contributed by atoms with Crippen LogP contribution in [-0.4, -0.2) is 33.6 Å². The normalized spacial score (nSPS) is 30.1. The lowest BCUT2D eigenvalue weighted by Gasteiger charge is -2.39. The van der Waals surface area contributed by atoms with Crippen molar-refractivity contribution in [1.82, 2.24) is 5.01 Å². The standard InChI is InChI=1S/C16H16ClF3N2O2/c1-9-4-2-7-12-13(9)21-22(15(12,24)16(18,19)20)14(23)10-5-3-6-11(17)8-10/h3,5-6,8-9,12,24H,2,4,7H2,1H3/t9-,12-,15+/m1/s1. The van der Waals surface area contributed by atoms with E-state index in [2.05, 4.69) is 5.10 Å². The van der Waals surface area contributed by atoms with Gasteiger partial charge >= 0.3 is 6.18 Å². The van der Waals surface area contributed by atoms with Crippen molar-refractivity contribution >= 4 is 23.2 Å². The van der Waals surface area contributed by atoms with Crippen molar-refractivity contribution in [1.29, 1.82) is 0 Å². The van der Waals surface area contributed by atoms with E-state index in [1.807, 2.05) is 0 Å². The molecule has 1 aliphatic heterocycles. The van der Waals surface area contributed by atoms with Crippen LogP contribution in [0.3, 0.4) is 0 Å². The summed E-state index contributed by atoms with van der Waals surface area (Å²) in [5.74, 6) is -2.47. The Kier molecular flexibility index (Phi) is 4.12. The lowest BCUT2D eigenvalue weighted by Crippen LogP contribution is -2.61. The molecule has 0 aromatic heterocycles. The molecule has 2 aliphatic rings. The van der Waals surface area contributed by atoms with Gasteiger partial charge in [-0.3, -0.25) is 4.79 Å². The van der Waals surface area contributed by atoms with Crippen molar-refractivity contribution in [3.8, 4) is 0 Å². The molecule has 1 saturated carbocycles. The topological polar surface area (TPSA) is 52.9 Å².